The third kappa shape index (κ3) is 3.48. The second-order valence-corrected chi connectivity index (χ2v) is 4.79. The number of nitrogen functional groups attached to an aromatic ring is 1. The van der Waals surface area contributed by atoms with Gasteiger partial charge in [-0.2, -0.15) is 0 Å². The van der Waals surface area contributed by atoms with Crippen molar-refractivity contribution in [2.45, 2.75) is 12.5 Å². The molecular weight excluding hydrogens is 258 g/mol. The molecule has 0 saturated carbocycles. The van der Waals surface area contributed by atoms with Gasteiger partial charge in [-0.3, -0.25) is 9.59 Å². The normalized spacial score (nSPS) is 18.1. The van der Waals surface area contributed by atoms with Crippen LogP contribution in [0.2, 0.25) is 0 Å². The number of carbonyl (C=O) groups is 2. The molecule has 1 aliphatic rings. The Morgan fingerprint density at radius 2 is 2.10 bits per heavy atom. The molecule has 1 heterocycles. The van der Waals surface area contributed by atoms with Crippen LogP contribution in [0.5, 0.6) is 0 Å². The Balaban J connectivity index is 1.81. The Morgan fingerprint density at radius 1 is 1.40 bits per heavy atom. The number of methoxy groups -OCH3 is 1. The number of hydrogen-bond donors (Lipinski definition) is 2. The zero-order valence-corrected chi connectivity index (χ0v) is 11.5. The lowest BCUT2D eigenvalue weighted by molar-refractivity contribution is -0.129. The van der Waals surface area contributed by atoms with Crippen LogP contribution in [0.25, 0.3) is 0 Å². The topological polar surface area (TPSA) is 84.7 Å². The number of nitrogens with one attached hydrogen (secondary N) is 1. The van der Waals surface area contributed by atoms with Crippen molar-refractivity contribution in [2.75, 3.05) is 32.5 Å². The van der Waals surface area contributed by atoms with E-state index < -0.39 is 0 Å². The van der Waals surface area contributed by atoms with Crippen LogP contribution in [-0.2, 0) is 9.53 Å². The van der Waals surface area contributed by atoms with Crippen molar-refractivity contribution >= 4 is 17.5 Å². The van der Waals surface area contributed by atoms with Gasteiger partial charge in [0.2, 0.25) is 5.91 Å². The second-order valence-electron chi connectivity index (χ2n) is 4.79. The van der Waals surface area contributed by atoms with Crippen molar-refractivity contribution in [1.82, 2.24) is 10.2 Å². The minimum Gasteiger partial charge on any atom is -0.399 e. The average Bonchev–Trinajstić information content (AvgIpc) is 2.94. The summed E-state index contributed by atoms with van der Waals surface area (Å²) >= 11 is 0. The van der Waals surface area contributed by atoms with Gasteiger partial charge >= 0.3 is 0 Å². The molecule has 6 nitrogen and oxygen atoms in total. The monoisotopic (exact) mass is 277 g/mol. The number of hydrogen-bond acceptors (Lipinski definition) is 4. The fourth-order valence-electron chi connectivity index (χ4n) is 2.15. The number of rotatable bonds is 4. The fraction of sp³-hybridized carbons (Fsp3) is 0.429. The first-order valence-electron chi connectivity index (χ1n) is 6.54. The summed E-state index contributed by atoms with van der Waals surface area (Å²) in [5, 5.41) is 2.62. The Labute approximate surface area is 117 Å². The molecule has 1 fully saturated rings. The van der Waals surface area contributed by atoms with E-state index in [-0.39, 0.29) is 24.5 Å². The number of likely N-dealkylation sites (tertiary alicyclic amines) is 1. The van der Waals surface area contributed by atoms with Gasteiger partial charge in [0.1, 0.15) is 0 Å². The summed E-state index contributed by atoms with van der Waals surface area (Å²) in [6.07, 6.45) is 0.945. The first kappa shape index (κ1) is 14.3. The summed E-state index contributed by atoms with van der Waals surface area (Å²) in [6.45, 7) is 1.27. The Morgan fingerprint density at radius 3 is 2.70 bits per heavy atom. The maximum absolute atomic E-state index is 11.9. The summed E-state index contributed by atoms with van der Waals surface area (Å²) in [7, 11) is 1.64. The number of carbonyl (C=O) groups excluding carboxylic acids is 2. The van der Waals surface area contributed by atoms with Gasteiger partial charge in [-0.25, -0.2) is 0 Å². The molecular formula is C14H19N3O3. The van der Waals surface area contributed by atoms with Gasteiger partial charge in [0.25, 0.3) is 5.91 Å². The van der Waals surface area contributed by atoms with Gasteiger partial charge in [-0.1, -0.05) is 0 Å². The molecule has 1 unspecified atom stereocenters. The molecule has 0 bridgehead atoms. The van der Waals surface area contributed by atoms with Gasteiger partial charge in [0, 0.05) is 31.5 Å². The summed E-state index contributed by atoms with van der Waals surface area (Å²) in [6, 6.07) is 6.57. The minimum atomic E-state index is -0.277. The third-order valence-electron chi connectivity index (χ3n) is 3.40. The SMILES string of the molecule is COC1CCN(C(=O)CNC(=O)c2ccc(N)cc2)C1. The first-order valence-corrected chi connectivity index (χ1v) is 6.54. The molecule has 0 radical (unpaired) electrons. The molecule has 1 aromatic carbocycles. The zero-order chi connectivity index (χ0) is 14.5. The van der Waals surface area contributed by atoms with E-state index in [2.05, 4.69) is 5.32 Å². The maximum Gasteiger partial charge on any atom is 0.251 e. The predicted octanol–water partition coefficient (Wildman–Crippen LogP) is 0.246. The van der Waals surface area contributed by atoms with E-state index in [4.69, 9.17) is 10.5 Å². The molecule has 3 N–H and O–H groups in total. The highest BCUT2D eigenvalue weighted by molar-refractivity contribution is 5.96. The molecule has 1 aliphatic heterocycles. The molecule has 0 aromatic heterocycles. The molecule has 2 amide bonds. The van der Waals surface area contributed by atoms with Gasteiger partial charge < -0.3 is 20.7 Å². The first-order chi connectivity index (χ1) is 9.60. The molecule has 0 aliphatic carbocycles. The van der Waals surface area contributed by atoms with E-state index >= 15 is 0 Å². The number of nitrogens with zero attached hydrogens (tertiary/aromatic N) is 1. The molecule has 0 spiro atoms. The van der Waals surface area contributed by atoms with Crippen molar-refractivity contribution in [1.29, 1.82) is 0 Å². The largest absolute Gasteiger partial charge is 0.399 e. The molecule has 1 aromatic rings. The Hall–Kier alpha value is -2.08. The van der Waals surface area contributed by atoms with E-state index in [0.29, 0.717) is 24.3 Å². The van der Waals surface area contributed by atoms with Crippen LogP contribution in [-0.4, -0.2) is 49.6 Å². The number of ether oxygens (including phenoxy) is 1. The Bertz CT molecular complexity index is 487. The summed E-state index contributed by atoms with van der Waals surface area (Å²) in [5.74, 6) is -0.366. The number of nitrogens with two attached hydrogens (primary N) is 1. The summed E-state index contributed by atoms with van der Waals surface area (Å²) in [5.41, 5.74) is 6.64. The minimum absolute atomic E-state index is 0.000353. The van der Waals surface area contributed by atoms with Crippen LogP contribution < -0.4 is 11.1 Å². The average molecular weight is 277 g/mol. The lowest BCUT2D eigenvalue weighted by Crippen LogP contribution is -2.39. The van der Waals surface area contributed by atoms with Crippen LogP contribution in [0.1, 0.15) is 16.8 Å². The summed E-state index contributed by atoms with van der Waals surface area (Å²) < 4.78 is 5.20. The van der Waals surface area contributed by atoms with E-state index in [0.717, 1.165) is 6.42 Å². The smallest absolute Gasteiger partial charge is 0.251 e. The van der Waals surface area contributed by atoms with Crippen LogP contribution in [0.4, 0.5) is 5.69 Å². The lowest BCUT2D eigenvalue weighted by atomic mass is 10.2. The van der Waals surface area contributed by atoms with Crippen LogP contribution in [0.3, 0.4) is 0 Å². The number of anilines is 1. The van der Waals surface area contributed by atoms with E-state index in [1.807, 2.05) is 0 Å². The molecule has 108 valence electrons. The predicted molar refractivity (Wildman–Crippen MR) is 75.2 cm³/mol. The van der Waals surface area contributed by atoms with Crippen LogP contribution in [0.15, 0.2) is 24.3 Å². The van der Waals surface area contributed by atoms with Crippen molar-refractivity contribution < 1.29 is 14.3 Å². The number of amides is 2. The highest BCUT2D eigenvalue weighted by atomic mass is 16.5. The molecule has 2 rings (SSSR count). The summed E-state index contributed by atoms with van der Waals surface area (Å²) in [4.78, 5) is 25.5. The highest BCUT2D eigenvalue weighted by Crippen LogP contribution is 2.11. The maximum atomic E-state index is 11.9. The van der Waals surface area contributed by atoms with Gasteiger partial charge in [-0.15, -0.1) is 0 Å². The lowest BCUT2D eigenvalue weighted by Gasteiger charge is -2.16. The molecule has 1 atom stereocenters. The molecule has 6 heteroatoms. The van der Waals surface area contributed by atoms with E-state index in [9.17, 15) is 9.59 Å². The van der Waals surface area contributed by atoms with Crippen LogP contribution >= 0.6 is 0 Å². The van der Waals surface area contributed by atoms with Crippen molar-refractivity contribution in [3.05, 3.63) is 29.8 Å². The van der Waals surface area contributed by atoms with Crippen molar-refractivity contribution in [2.24, 2.45) is 0 Å². The van der Waals surface area contributed by atoms with Gasteiger partial charge in [-0.05, 0) is 30.7 Å². The van der Waals surface area contributed by atoms with Gasteiger partial charge in [0.15, 0.2) is 0 Å². The third-order valence-corrected chi connectivity index (χ3v) is 3.40. The van der Waals surface area contributed by atoms with Crippen molar-refractivity contribution in [3.8, 4) is 0 Å². The molecule has 20 heavy (non-hydrogen) atoms. The van der Waals surface area contributed by atoms with E-state index in [1.165, 1.54) is 0 Å². The second kappa shape index (κ2) is 6.38. The van der Waals surface area contributed by atoms with Crippen molar-refractivity contribution in [3.63, 3.8) is 0 Å². The fourth-order valence-corrected chi connectivity index (χ4v) is 2.15. The zero-order valence-electron chi connectivity index (χ0n) is 11.5. The Kier molecular flexibility index (Phi) is 4.57. The standard InChI is InChI=1S/C14H19N3O3/c1-20-12-6-7-17(9-12)13(18)8-16-14(19)10-2-4-11(15)5-3-10/h2-5,12H,6-9,15H2,1H3,(H,16,19). The quantitative estimate of drug-likeness (QED) is 0.772. The van der Waals surface area contributed by atoms with Gasteiger partial charge in [0.05, 0.1) is 12.6 Å². The highest BCUT2D eigenvalue weighted by Gasteiger charge is 2.25. The van der Waals surface area contributed by atoms with E-state index in [1.54, 1.807) is 36.3 Å². The molecule has 1 saturated heterocycles. The number of benzene rings is 1. The van der Waals surface area contributed by atoms with Crippen LogP contribution in [0, 0.1) is 0 Å².